The molecule has 0 aliphatic carbocycles. The third-order valence-corrected chi connectivity index (χ3v) is 4.53. The fourth-order valence-corrected chi connectivity index (χ4v) is 3.46. The average molecular weight is 323 g/mol. The second-order valence-corrected chi connectivity index (χ2v) is 6.01. The first-order chi connectivity index (χ1) is 11.8. The Morgan fingerprint density at radius 1 is 1.33 bits per heavy atom. The van der Waals surface area contributed by atoms with Crippen molar-refractivity contribution in [1.82, 2.24) is 9.55 Å². The standard InChI is InChI=1S/C19H21N3O2/c1-2-5-15(8-10-21-24)18-17-7-4-3-6-14(17)9-11-22-16(13-23)12-20-19(18)22/h3-4,6-7,12-13H,2,5,8-11H2,1H3/b18-15-. The molecule has 1 aliphatic heterocycles. The third-order valence-electron chi connectivity index (χ3n) is 4.53. The second-order valence-electron chi connectivity index (χ2n) is 6.01. The third kappa shape index (κ3) is 2.94. The lowest BCUT2D eigenvalue weighted by atomic mass is 9.91. The van der Waals surface area contributed by atoms with Crippen molar-refractivity contribution in [2.75, 3.05) is 6.54 Å². The average Bonchev–Trinajstić information content (AvgIpc) is 2.94. The van der Waals surface area contributed by atoms with Crippen LogP contribution in [-0.4, -0.2) is 22.4 Å². The van der Waals surface area contributed by atoms with E-state index in [1.165, 1.54) is 11.1 Å². The predicted octanol–water partition coefficient (Wildman–Crippen LogP) is 4.01. The molecule has 0 saturated heterocycles. The summed E-state index contributed by atoms with van der Waals surface area (Å²) in [5.41, 5.74) is 5.27. The second kappa shape index (κ2) is 7.34. The summed E-state index contributed by atoms with van der Waals surface area (Å²) in [4.78, 5) is 26.6. The maximum absolute atomic E-state index is 11.4. The van der Waals surface area contributed by atoms with E-state index in [4.69, 9.17) is 0 Å². The van der Waals surface area contributed by atoms with Gasteiger partial charge in [0, 0.05) is 12.1 Å². The molecule has 0 atom stereocenters. The van der Waals surface area contributed by atoms with E-state index in [9.17, 15) is 9.70 Å². The van der Waals surface area contributed by atoms with Crippen LogP contribution in [0.25, 0.3) is 5.57 Å². The number of aromatic nitrogens is 2. The van der Waals surface area contributed by atoms with Crippen molar-refractivity contribution in [2.45, 2.75) is 39.2 Å². The number of hydrogen-bond acceptors (Lipinski definition) is 4. The molecule has 1 aromatic carbocycles. The van der Waals surface area contributed by atoms with Crippen LogP contribution in [0.15, 0.2) is 41.2 Å². The Hall–Kier alpha value is -2.56. The van der Waals surface area contributed by atoms with E-state index in [0.717, 1.165) is 49.1 Å². The van der Waals surface area contributed by atoms with Gasteiger partial charge in [-0.15, -0.1) is 0 Å². The van der Waals surface area contributed by atoms with Crippen LogP contribution in [0.1, 0.15) is 53.6 Å². The van der Waals surface area contributed by atoms with Gasteiger partial charge in [-0.3, -0.25) is 4.79 Å². The van der Waals surface area contributed by atoms with Crippen LogP contribution in [0.4, 0.5) is 0 Å². The molecule has 1 aromatic heterocycles. The van der Waals surface area contributed by atoms with Crippen molar-refractivity contribution in [3.05, 3.63) is 63.6 Å². The minimum absolute atomic E-state index is 0.266. The minimum Gasteiger partial charge on any atom is -0.321 e. The van der Waals surface area contributed by atoms with Gasteiger partial charge in [0.05, 0.1) is 12.7 Å². The van der Waals surface area contributed by atoms with Crippen LogP contribution in [0.2, 0.25) is 0 Å². The highest BCUT2D eigenvalue weighted by Gasteiger charge is 2.23. The predicted molar refractivity (Wildman–Crippen MR) is 94.0 cm³/mol. The molecular weight excluding hydrogens is 302 g/mol. The highest BCUT2D eigenvalue weighted by Crippen LogP contribution is 2.35. The molecule has 3 rings (SSSR count). The zero-order valence-electron chi connectivity index (χ0n) is 13.9. The molecule has 124 valence electrons. The van der Waals surface area contributed by atoms with Gasteiger partial charge in [-0.25, -0.2) is 4.98 Å². The maximum atomic E-state index is 11.4. The lowest BCUT2D eigenvalue weighted by Gasteiger charge is -2.15. The Morgan fingerprint density at radius 3 is 2.92 bits per heavy atom. The molecule has 0 fully saturated rings. The number of aldehydes is 1. The molecule has 0 spiro atoms. The van der Waals surface area contributed by atoms with E-state index in [1.807, 2.05) is 16.7 Å². The monoisotopic (exact) mass is 323 g/mol. The number of carbonyl (C=O) groups excluding carboxylic acids is 1. The summed E-state index contributed by atoms with van der Waals surface area (Å²) in [6.45, 7) is 3.12. The molecule has 24 heavy (non-hydrogen) atoms. The van der Waals surface area contributed by atoms with E-state index < -0.39 is 0 Å². The van der Waals surface area contributed by atoms with E-state index in [-0.39, 0.29) is 6.54 Å². The van der Waals surface area contributed by atoms with Crippen molar-refractivity contribution in [3.8, 4) is 0 Å². The molecule has 0 unspecified atom stereocenters. The van der Waals surface area contributed by atoms with Gasteiger partial charge in [0.2, 0.25) is 0 Å². The number of hydrogen-bond donors (Lipinski definition) is 0. The molecule has 0 radical (unpaired) electrons. The number of nitrogens with zero attached hydrogens (tertiary/aromatic N) is 3. The number of fused-ring (bicyclic) bond motifs is 2. The molecule has 0 N–H and O–H groups in total. The SMILES string of the molecule is CCC/C(CCN=O)=C1\c2ccccc2CCn2c(C=O)cnc21. The summed E-state index contributed by atoms with van der Waals surface area (Å²) in [5, 5.41) is 3.04. The zero-order valence-corrected chi connectivity index (χ0v) is 13.9. The fraction of sp³-hybridized carbons (Fsp3) is 0.368. The van der Waals surface area contributed by atoms with E-state index in [2.05, 4.69) is 29.2 Å². The summed E-state index contributed by atoms with van der Waals surface area (Å²) in [5.74, 6) is 0.830. The van der Waals surface area contributed by atoms with Crippen molar-refractivity contribution < 1.29 is 4.79 Å². The Morgan fingerprint density at radius 2 is 2.17 bits per heavy atom. The van der Waals surface area contributed by atoms with Crippen LogP contribution in [0, 0.1) is 4.91 Å². The highest BCUT2D eigenvalue weighted by molar-refractivity contribution is 5.83. The van der Waals surface area contributed by atoms with Crippen LogP contribution in [-0.2, 0) is 13.0 Å². The molecule has 0 amide bonds. The first-order valence-electron chi connectivity index (χ1n) is 8.40. The molecular formula is C19H21N3O2. The highest BCUT2D eigenvalue weighted by atomic mass is 16.3. The molecule has 5 heteroatoms. The van der Waals surface area contributed by atoms with E-state index in [0.29, 0.717) is 12.1 Å². The lowest BCUT2D eigenvalue weighted by Crippen LogP contribution is -2.07. The molecule has 0 bridgehead atoms. The number of aryl methyl sites for hydroxylation is 1. The molecule has 1 aliphatic rings. The topological polar surface area (TPSA) is 64.3 Å². The van der Waals surface area contributed by atoms with Gasteiger partial charge in [0.25, 0.3) is 0 Å². The Balaban J connectivity index is 2.26. The number of benzene rings is 1. The largest absolute Gasteiger partial charge is 0.321 e. The summed E-state index contributed by atoms with van der Waals surface area (Å²) >= 11 is 0. The number of imidazole rings is 1. The van der Waals surface area contributed by atoms with Gasteiger partial charge in [-0.2, -0.15) is 4.91 Å². The van der Waals surface area contributed by atoms with Gasteiger partial charge in [-0.1, -0.05) is 48.4 Å². The summed E-state index contributed by atoms with van der Waals surface area (Å²) < 4.78 is 1.99. The van der Waals surface area contributed by atoms with Gasteiger partial charge >= 0.3 is 0 Å². The summed E-state index contributed by atoms with van der Waals surface area (Å²) in [6.07, 6.45) is 5.86. The van der Waals surface area contributed by atoms with Crippen LogP contribution < -0.4 is 0 Å². The fourth-order valence-electron chi connectivity index (χ4n) is 3.46. The summed E-state index contributed by atoms with van der Waals surface area (Å²) in [7, 11) is 0. The molecule has 0 saturated carbocycles. The number of carbonyl (C=O) groups is 1. The van der Waals surface area contributed by atoms with Gasteiger partial charge < -0.3 is 4.57 Å². The van der Waals surface area contributed by atoms with Gasteiger partial charge in [0.15, 0.2) is 6.29 Å². The molecule has 2 heterocycles. The Bertz CT molecular complexity index is 790. The van der Waals surface area contributed by atoms with Crippen LogP contribution in [0.3, 0.4) is 0 Å². The smallest absolute Gasteiger partial charge is 0.168 e. The Kier molecular flexibility index (Phi) is 4.99. The van der Waals surface area contributed by atoms with Crippen molar-refractivity contribution in [2.24, 2.45) is 5.18 Å². The number of nitroso groups, excluding NO2 is 1. The van der Waals surface area contributed by atoms with E-state index in [1.54, 1.807) is 6.20 Å². The quantitative estimate of drug-likeness (QED) is 0.596. The first-order valence-corrected chi connectivity index (χ1v) is 8.40. The normalized spacial score (nSPS) is 15.2. The van der Waals surface area contributed by atoms with Gasteiger partial charge in [0.1, 0.15) is 11.5 Å². The van der Waals surface area contributed by atoms with Crippen LogP contribution >= 0.6 is 0 Å². The van der Waals surface area contributed by atoms with E-state index >= 15 is 0 Å². The van der Waals surface area contributed by atoms with Crippen molar-refractivity contribution in [3.63, 3.8) is 0 Å². The zero-order chi connectivity index (χ0) is 16.9. The van der Waals surface area contributed by atoms with Gasteiger partial charge in [-0.05, 0) is 30.4 Å². The maximum Gasteiger partial charge on any atom is 0.168 e. The van der Waals surface area contributed by atoms with Crippen molar-refractivity contribution in [1.29, 1.82) is 0 Å². The number of rotatable bonds is 6. The van der Waals surface area contributed by atoms with Crippen LogP contribution in [0.5, 0.6) is 0 Å². The minimum atomic E-state index is 0.266. The van der Waals surface area contributed by atoms with Crippen molar-refractivity contribution >= 4 is 11.9 Å². The lowest BCUT2D eigenvalue weighted by molar-refractivity contribution is 0.111. The summed E-state index contributed by atoms with van der Waals surface area (Å²) in [6, 6.07) is 8.31. The Labute approximate surface area is 141 Å². The molecule has 5 nitrogen and oxygen atoms in total. The molecule has 2 aromatic rings. The first kappa shape index (κ1) is 16.3.